The van der Waals surface area contributed by atoms with Gasteiger partial charge in [-0.25, -0.2) is 0 Å². The normalized spacial score (nSPS) is 12.9. The largest absolute Gasteiger partial charge is 0.359 e. The lowest BCUT2D eigenvalue weighted by Crippen LogP contribution is -2.43. The van der Waals surface area contributed by atoms with Crippen molar-refractivity contribution in [2.24, 2.45) is 5.73 Å². The van der Waals surface area contributed by atoms with E-state index < -0.39 is 0 Å². The Balaban J connectivity index is 4.13. The van der Waals surface area contributed by atoms with Crippen LogP contribution in [0.4, 0.5) is 0 Å². The first-order valence-corrected chi connectivity index (χ1v) is 5.84. The number of nitrogens with one attached hydrogen (secondary N) is 1. The van der Waals surface area contributed by atoms with E-state index in [-0.39, 0.29) is 11.9 Å². The highest BCUT2D eigenvalue weighted by Crippen LogP contribution is 2.05. The van der Waals surface area contributed by atoms with E-state index in [0.29, 0.717) is 13.0 Å². The lowest BCUT2D eigenvalue weighted by molar-refractivity contribution is -0.121. The Labute approximate surface area is 93.2 Å². The van der Waals surface area contributed by atoms with Gasteiger partial charge in [-0.15, -0.1) is 0 Å². The predicted octanol–water partition coefficient (Wildman–Crippen LogP) is 0.572. The first kappa shape index (κ1) is 14.4. The van der Waals surface area contributed by atoms with Gasteiger partial charge in [0, 0.05) is 26.1 Å². The van der Waals surface area contributed by atoms with Gasteiger partial charge in [0.25, 0.3) is 0 Å². The van der Waals surface area contributed by atoms with Crippen LogP contribution in [-0.4, -0.2) is 43.5 Å². The standard InChI is InChI=1S/C11H25N3O/c1-4-6-7-14(5-2)10(9-12)8-11(15)13-3/h10H,4-9,12H2,1-3H3,(H,13,15). The summed E-state index contributed by atoms with van der Waals surface area (Å²) in [6.07, 6.45) is 2.84. The van der Waals surface area contributed by atoms with Gasteiger partial charge in [-0.3, -0.25) is 9.69 Å². The topological polar surface area (TPSA) is 58.4 Å². The van der Waals surface area contributed by atoms with Crippen molar-refractivity contribution in [2.45, 2.75) is 39.2 Å². The minimum absolute atomic E-state index is 0.0698. The van der Waals surface area contributed by atoms with Gasteiger partial charge in [-0.2, -0.15) is 0 Å². The highest BCUT2D eigenvalue weighted by molar-refractivity contribution is 5.76. The molecule has 0 aromatic carbocycles. The molecule has 15 heavy (non-hydrogen) atoms. The van der Waals surface area contributed by atoms with Crippen molar-refractivity contribution in [1.29, 1.82) is 0 Å². The highest BCUT2D eigenvalue weighted by atomic mass is 16.1. The van der Waals surface area contributed by atoms with E-state index in [2.05, 4.69) is 24.1 Å². The van der Waals surface area contributed by atoms with Crippen molar-refractivity contribution in [1.82, 2.24) is 10.2 Å². The average Bonchev–Trinajstić information content (AvgIpc) is 2.27. The fraction of sp³-hybridized carbons (Fsp3) is 0.909. The van der Waals surface area contributed by atoms with Gasteiger partial charge in [0.2, 0.25) is 5.91 Å². The number of nitrogens with two attached hydrogens (primary N) is 1. The first-order valence-electron chi connectivity index (χ1n) is 5.84. The number of likely N-dealkylation sites (N-methyl/N-ethyl adjacent to an activating group) is 1. The van der Waals surface area contributed by atoms with Crippen LogP contribution in [0.25, 0.3) is 0 Å². The zero-order valence-electron chi connectivity index (χ0n) is 10.3. The number of hydrogen-bond acceptors (Lipinski definition) is 3. The van der Waals surface area contributed by atoms with Gasteiger partial charge in [-0.1, -0.05) is 20.3 Å². The van der Waals surface area contributed by atoms with Gasteiger partial charge in [-0.05, 0) is 19.5 Å². The van der Waals surface area contributed by atoms with Crippen LogP contribution >= 0.6 is 0 Å². The Bertz CT molecular complexity index is 173. The number of carbonyl (C=O) groups is 1. The Hall–Kier alpha value is -0.610. The molecule has 1 unspecified atom stereocenters. The summed E-state index contributed by atoms with van der Waals surface area (Å²) in [5.41, 5.74) is 5.70. The van der Waals surface area contributed by atoms with E-state index in [4.69, 9.17) is 5.73 Å². The molecule has 3 N–H and O–H groups in total. The van der Waals surface area contributed by atoms with Gasteiger partial charge < -0.3 is 11.1 Å². The summed E-state index contributed by atoms with van der Waals surface area (Å²) < 4.78 is 0. The molecule has 0 aromatic heterocycles. The van der Waals surface area contributed by atoms with Crippen molar-refractivity contribution in [3.05, 3.63) is 0 Å². The van der Waals surface area contributed by atoms with Crippen LogP contribution in [0.1, 0.15) is 33.1 Å². The molecule has 0 aliphatic carbocycles. The molecule has 4 nitrogen and oxygen atoms in total. The van der Waals surface area contributed by atoms with Crippen molar-refractivity contribution in [3.63, 3.8) is 0 Å². The molecule has 4 heteroatoms. The van der Waals surface area contributed by atoms with Gasteiger partial charge in [0.05, 0.1) is 0 Å². The second-order valence-corrected chi connectivity index (χ2v) is 3.75. The predicted molar refractivity (Wildman–Crippen MR) is 63.7 cm³/mol. The second kappa shape index (κ2) is 8.68. The van der Waals surface area contributed by atoms with Crippen molar-refractivity contribution in [3.8, 4) is 0 Å². The molecule has 0 bridgehead atoms. The third-order valence-electron chi connectivity index (χ3n) is 2.69. The molecule has 90 valence electrons. The van der Waals surface area contributed by atoms with E-state index in [1.54, 1.807) is 7.05 Å². The Morgan fingerprint density at radius 2 is 2.13 bits per heavy atom. The van der Waals surface area contributed by atoms with Crippen LogP contribution in [-0.2, 0) is 4.79 Å². The van der Waals surface area contributed by atoms with E-state index in [1.165, 1.54) is 6.42 Å². The maximum absolute atomic E-state index is 11.3. The summed E-state index contributed by atoms with van der Waals surface area (Å²) in [7, 11) is 1.66. The number of amides is 1. The van der Waals surface area contributed by atoms with Gasteiger partial charge >= 0.3 is 0 Å². The molecule has 0 aliphatic rings. The fourth-order valence-corrected chi connectivity index (χ4v) is 1.64. The zero-order chi connectivity index (χ0) is 11.7. The Morgan fingerprint density at radius 3 is 2.53 bits per heavy atom. The van der Waals surface area contributed by atoms with Crippen molar-refractivity contribution in [2.75, 3.05) is 26.7 Å². The molecular formula is C11H25N3O. The van der Waals surface area contributed by atoms with Crippen LogP contribution < -0.4 is 11.1 Å². The molecule has 0 spiro atoms. The Kier molecular flexibility index (Phi) is 8.33. The van der Waals surface area contributed by atoms with E-state index in [0.717, 1.165) is 19.5 Å². The summed E-state index contributed by atoms with van der Waals surface area (Å²) in [6.45, 7) is 6.82. The molecule has 0 saturated carbocycles. The smallest absolute Gasteiger partial charge is 0.221 e. The van der Waals surface area contributed by atoms with Crippen LogP contribution in [0.5, 0.6) is 0 Å². The second-order valence-electron chi connectivity index (χ2n) is 3.75. The van der Waals surface area contributed by atoms with Gasteiger partial charge in [0.1, 0.15) is 0 Å². The molecule has 0 saturated heterocycles. The number of rotatable bonds is 8. The van der Waals surface area contributed by atoms with E-state index in [9.17, 15) is 4.79 Å². The van der Waals surface area contributed by atoms with Gasteiger partial charge in [0.15, 0.2) is 0 Å². The summed E-state index contributed by atoms with van der Waals surface area (Å²) in [6, 6.07) is 0.182. The SMILES string of the molecule is CCCCN(CC)C(CN)CC(=O)NC. The lowest BCUT2D eigenvalue weighted by atomic mass is 10.1. The molecule has 1 atom stereocenters. The van der Waals surface area contributed by atoms with E-state index in [1.807, 2.05) is 0 Å². The monoisotopic (exact) mass is 215 g/mol. The first-order chi connectivity index (χ1) is 7.19. The van der Waals surface area contributed by atoms with Crippen molar-refractivity contribution < 1.29 is 4.79 Å². The van der Waals surface area contributed by atoms with Crippen molar-refractivity contribution >= 4 is 5.91 Å². The molecule has 1 amide bonds. The molecule has 0 fully saturated rings. The number of nitrogens with zero attached hydrogens (tertiary/aromatic N) is 1. The molecular weight excluding hydrogens is 190 g/mol. The highest BCUT2D eigenvalue weighted by Gasteiger charge is 2.17. The molecule has 0 heterocycles. The molecule has 0 aliphatic heterocycles. The summed E-state index contributed by atoms with van der Waals surface area (Å²) in [5.74, 6) is 0.0698. The minimum Gasteiger partial charge on any atom is -0.359 e. The maximum atomic E-state index is 11.3. The zero-order valence-corrected chi connectivity index (χ0v) is 10.3. The third-order valence-corrected chi connectivity index (χ3v) is 2.69. The summed E-state index contributed by atoms with van der Waals surface area (Å²) >= 11 is 0. The minimum atomic E-state index is 0.0698. The fourth-order valence-electron chi connectivity index (χ4n) is 1.64. The number of hydrogen-bond donors (Lipinski definition) is 2. The van der Waals surface area contributed by atoms with Crippen LogP contribution in [0, 0.1) is 0 Å². The molecule has 0 aromatic rings. The number of unbranched alkanes of at least 4 members (excludes halogenated alkanes) is 1. The van der Waals surface area contributed by atoms with Crippen LogP contribution in [0.2, 0.25) is 0 Å². The summed E-state index contributed by atoms with van der Waals surface area (Å²) in [5, 5.41) is 2.64. The lowest BCUT2D eigenvalue weighted by Gasteiger charge is -2.29. The van der Waals surface area contributed by atoms with E-state index >= 15 is 0 Å². The quantitative estimate of drug-likeness (QED) is 0.622. The van der Waals surface area contributed by atoms with Crippen LogP contribution in [0.15, 0.2) is 0 Å². The third kappa shape index (κ3) is 5.74. The maximum Gasteiger partial charge on any atom is 0.221 e. The summed E-state index contributed by atoms with van der Waals surface area (Å²) in [4.78, 5) is 13.6. The number of carbonyl (C=O) groups excluding carboxylic acids is 1. The Morgan fingerprint density at radius 1 is 1.47 bits per heavy atom. The molecule has 0 rings (SSSR count). The average molecular weight is 215 g/mol. The van der Waals surface area contributed by atoms with Crippen LogP contribution in [0.3, 0.4) is 0 Å². The molecule has 0 radical (unpaired) electrons.